The van der Waals surface area contributed by atoms with Gasteiger partial charge in [0.25, 0.3) is 0 Å². The molecule has 0 saturated carbocycles. The highest BCUT2D eigenvalue weighted by atomic mass is 35.5. The van der Waals surface area contributed by atoms with E-state index in [1.807, 2.05) is 31.2 Å². The van der Waals surface area contributed by atoms with Gasteiger partial charge in [-0.2, -0.15) is 0 Å². The molecule has 0 bridgehead atoms. The van der Waals surface area contributed by atoms with Gasteiger partial charge >= 0.3 is 0 Å². The minimum Gasteiger partial charge on any atom is -0.369 e. The van der Waals surface area contributed by atoms with E-state index in [9.17, 15) is 4.79 Å². The second-order valence-corrected chi connectivity index (χ2v) is 5.70. The molecule has 1 aliphatic rings. The number of alkyl halides is 2. The Hall–Kier alpha value is -1.58. The third kappa shape index (κ3) is 4.46. The fraction of sp³-hybridized carbons (Fsp3) is 0.294. The Morgan fingerprint density at radius 2 is 1.68 bits per heavy atom. The van der Waals surface area contributed by atoms with Gasteiger partial charge in [0.1, 0.15) is 0 Å². The van der Waals surface area contributed by atoms with E-state index in [0.29, 0.717) is 11.8 Å². The number of carbonyl (C=O) groups is 1. The Morgan fingerprint density at radius 3 is 2.23 bits per heavy atom. The second-order valence-electron chi connectivity index (χ2n) is 4.94. The van der Waals surface area contributed by atoms with Crippen LogP contribution in [0.15, 0.2) is 53.1 Å². The van der Waals surface area contributed by atoms with Crippen molar-refractivity contribution in [3.8, 4) is 0 Å². The molecule has 0 atom stereocenters. The Labute approximate surface area is 140 Å². The summed E-state index contributed by atoms with van der Waals surface area (Å²) in [7, 11) is 0. The molecule has 5 heteroatoms. The first-order chi connectivity index (χ1) is 10.6. The molecular weight excluding hydrogens is 319 g/mol. The summed E-state index contributed by atoms with van der Waals surface area (Å²) in [6.45, 7) is 3.40. The highest BCUT2D eigenvalue weighted by Gasteiger charge is 2.08. The van der Waals surface area contributed by atoms with Crippen LogP contribution in [-0.2, 0) is 4.79 Å². The van der Waals surface area contributed by atoms with Crippen molar-refractivity contribution in [3.63, 3.8) is 0 Å². The maximum Gasteiger partial charge on any atom is 0.179 e. The van der Waals surface area contributed by atoms with Crippen LogP contribution >= 0.6 is 23.2 Å². The first-order valence-electron chi connectivity index (χ1n) is 7.10. The molecule has 0 fully saturated rings. The fourth-order valence-corrected chi connectivity index (χ4v) is 2.61. The van der Waals surface area contributed by atoms with Crippen molar-refractivity contribution in [1.82, 2.24) is 0 Å². The first kappa shape index (κ1) is 16.8. The highest BCUT2D eigenvalue weighted by Crippen LogP contribution is 2.21. The molecule has 0 spiro atoms. The molecule has 1 aromatic rings. The van der Waals surface area contributed by atoms with Gasteiger partial charge in [-0.05, 0) is 55.0 Å². The van der Waals surface area contributed by atoms with Crippen LogP contribution in [0.3, 0.4) is 0 Å². The number of hydrogen-bond acceptors (Lipinski definition) is 3. The maximum atomic E-state index is 11.3. The predicted octanol–water partition coefficient (Wildman–Crippen LogP) is 4.13. The van der Waals surface area contributed by atoms with Gasteiger partial charge in [0.15, 0.2) is 5.78 Å². The summed E-state index contributed by atoms with van der Waals surface area (Å²) < 4.78 is 0. The number of halogens is 2. The van der Waals surface area contributed by atoms with Crippen LogP contribution in [0.1, 0.15) is 6.92 Å². The van der Waals surface area contributed by atoms with E-state index in [1.165, 1.54) is 6.08 Å². The number of nitrogens with zero attached hydrogens (tertiary/aromatic N) is 2. The van der Waals surface area contributed by atoms with Crippen molar-refractivity contribution in [2.45, 2.75) is 6.92 Å². The molecule has 0 saturated heterocycles. The molecule has 0 amide bonds. The zero-order chi connectivity index (χ0) is 15.9. The van der Waals surface area contributed by atoms with Gasteiger partial charge < -0.3 is 4.90 Å². The monoisotopic (exact) mass is 336 g/mol. The number of carbonyl (C=O) groups excluding carboxylic acids is 1. The lowest BCUT2D eigenvalue weighted by Crippen LogP contribution is -2.27. The van der Waals surface area contributed by atoms with Crippen molar-refractivity contribution in [2.75, 3.05) is 29.7 Å². The SMILES string of the molecule is CC1=CC(=O)C=CC1=Nc1ccc(N(CCCl)CCCl)cc1. The maximum absolute atomic E-state index is 11.3. The molecule has 3 nitrogen and oxygen atoms in total. The van der Waals surface area contributed by atoms with Crippen LogP contribution in [-0.4, -0.2) is 36.3 Å². The zero-order valence-electron chi connectivity index (χ0n) is 12.4. The molecule has 0 N–H and O–H groups in total. The molecule has 0 radical (unpaired) electrons. The van der Waals surface area contributed by atoms with Gasteiger partial charge in [-0.3, -0.25) is 4.79 Å². The third-order valence-corrected chi connectivity index (χ3v) is 3.68. The number of hydrogen-bond donors (Lipinski definition) is 0. The highest BCUT2D eigenvalue weighted by molar-refractivity contribution is 6.20. The normalized spacial score (nSPS) is 16.0. The van der Waals surface area contributed by atoms with Gasteiger partial charge in [0.05, 0.1) is 11.4 Å². The number of allylic oxidation sites excluding steroid dienone is 4. The molecular formula is C17H18Cl2N2O. The molecule has 0 unspecified atom stereocenters. The van der Waals surface area contributed by atoms with E-state index in [4.69, 9.17) is 23.2 Å². The second kappa shape index (κ2) is 8.16. The predicted molar refractivity (Wildman–Crippen MR) is 95.1 cm³/mol. The molecule has 116 valence electrons. The smallest absolute Gasteiger partial charge is 0.179 e. The van der Waals surface area contributed by atoms with E-state index in [-0.39, 0.29) is 5.78 Å². The largest absolute Gasteiger partial charge is 0.369 e. The number of aliphatic imine (C=N–C) groups is 1. The average molecular weight is 337 g/mol. The van der Waals surface area contributed by atoms with Gasteiger partial charge in [0.2, 0.25) is 0 Å². The summed E-state index contributed by atoms with van der Waals surface area (Å²) in [5, 5.41) is 0. The van der Waals surface area contributed by atoms with Gasteiger partial charge in [-0.15, -0.1) is 23.2 Å². The van der Waals surface area contributed by atoms with E-state index < -0.39 is 0 Å². The molecule has 0 heterocycles. The standard InChI is InChI=1S/C17H18Cl2N2O/c1-13-12-16(22)6-7-17(13)20-14-2-4-15(5-3-14)21(10-8-18)11-9-19/h2-7,12H,8-11H2,1H3. The molecule has 0 aliphatic heterocycles. The van der Waals surface area contributed by atoms with Crippen LogP contribution < -0.4 is 4.90 Å². The summed E-state index contributed by atoms with van der Waals surface area (Å²) in [4.78, 5) is 18.0. The van der Waals surface area contributed by atoms with Gasteiger partial charge in [-0.1, -0.05) is 0 Å². The Morgan fingerprint density at radius 1 is 1.05 bits per heavy atom. The lowest BCUT2D eigenvalue weighted by Gasteiger charge is -2.22. The van der Waals surface area contributed by atoms with Crippen molar-refractivity contribution >= 4 is 46.1 Å². The minimum atomic E-state index is 0.00425. The first-order valence-corrected chi connectivity index (χ1v) is 8.17. The van der Waals surface area contributed by atoms with Crippen LogP contribution in [0.4, 0.5) is 11.4 Å². The van der Waals surface area contributed by atoms with E-state index in [1.54, 1.807) is 12.2 Å². The summed E-state index contributed by atoms with van der Waals surface area (Å²) in [5.41, 5.74) is 3.61. The topological polar surface area (TPSA) is 32.7 Å². The Balaban J connectivity index is 2.17. The molecule has 22 heavy (non-hydrogen) atoms. The minimum absolute atomic E-state index is 0.00425. The van der Waals surface area contributed by atoms with Crippen molar-refractivity contribution in [3.05, 3.63) is 48.1 Å². The van der Waals surface area contributed by atoms with Crippen molar-refractivity contribution in [2.24, 2.45) is 4.99 Å². The number of anilines is 1. The van der Waals surface area contributed by atoms with Crippen LogP contribution in [0, 0.1) is 0 Å². The lowest BCUT2D eigenvalue weighted by molar-refractivity contribution is -0.110. The van der Waals surface area contributed by atoms with Crippen LogP contribution in [0.25, 0.3) is 0 Å². The molecule has 0 aromatic heterocycles. The average Bonchev–Trinajstić information content (AvgIpc) is 2.51. The summed E-state index contributed by atoms with van der Waals surface area (Å²) in [6, 6.07) is 7.93. The van der Waals surface area contributed by atoms with Crippen molar-refractivity contribution in [1.29, 1.82) is 0 Å². The summed E-state index contributed by atoms with van der Waals surface area (Å²) in [6.07, 6.45) is 4.87. The molecule has 1 aliphatic carbocycles. The molecule has 2 rings (SSSR count). The molecule has 1 aromatic carbocycles. The number of benzene rings is 1. The fourth-order valence-electron chi connectivity index (χ4n) is 2.20. The number of rotatable bonds is 6. The summed E-state index contributed by atoms with van der Waals surface area (Å²) >= 11 is 11.6. The van der Waals surface area contributed by atoms with E-state index >= 15 is 0 Å². The quantitative estimate of drug-likeness (QED) is 0.578. The zero-order valence-corrected chi connectivity index (χ0v) is 13.9. The van der Waals surface area contributed by atoms with Gasteiger partial charge in [0, 0.05) is 30.5 Å². The van der Waals surface area contributed by atoms with E-state index in [2.05, 4.69) is 9.89 Å². The Bertz CT molecular complexity index is 612. The van der Waals surface area contributed by atoms with Crippen LogP contribution in [0.5, 0.6) is 0 Å². The summed E-state index contributed by atoms with van der Waals surface area (Å²) in [5.74, 6) is 1.12. The lowest BCUT2D eigenvalue weighted by atomic mass is 10.0. The number of ketones is 1. The van der Waals surface area contributed by atoms with Crippen LogP contribution in [0.2, 0.25) is 0 Å². The van der Waals surface area contributed by atoms with Gasteiger partial charge in [-0.25, -0.2) is 4.99 Å². The van der Waals surface area contributed by atoms with Crippen molar-refractivity contribution < 1.29 is 4.79 Å². The Kier molecular flexibility index (Phi) is 6.22. The third-order valence-electron chi connectivity index (χ3n) is 3.34. The van der Waals surface area contributed by atoms with E-state index in [0.717, 1.165) is 35.7 Å².